The fourth-order valence-corrected chi connectivity index (χ4v) is 1.49. The number of nitrogens with zero attached hydrogens (tertiary/aromatic N) is 1. The molecule has 2 aromatic rings. The number of hydrogen-bond donors (Lipinski definition) is 2. The number of alkyl carbamates (subject to hydrolysis) is 1. The van der Waals surface area contributed by atoms with Crippen molar-refractivity contribution in [1.82, 2.24) is 15.5 Å². The second kappa shape index (κ2) is 4.65. The molecule has 0 aliphatic rings. The predicted molar refractivity (Wildman–Crippen MR) is 61.6 cm³/mol. The van der Waals surface area contributed by atoms with Crippen molar-refractivity contribution in [2.45, 2.75) is 6.61 Å². The number of carbonyl (C=O) groups is 1. The van der Waals surface area contributed by atoms with Crippen LogP contribution in [0.2, 0.25) is 0 Å². The van der Waals surface area contributed by atoms with Gasteiger partial charge in [0.25, 0.3) is 5.56 Å². The quantitative estimate of drug-likeness (QED) is 0.802. The minimum Gasteiger partial charge on any atom is -0.443 e. The van der Waals surface area contributed by atoms with E-state index in [2.05, 4.69) is 15.5 Å². The number of rotatable bonds is 2. The minimum absolute atomic E-state index is 0.0109. The van der Waals surface area contributed by atoms with Gasteiger partial charge in [-0.3, -0.25) is 4.79 Å². The summed E-state index contributed by atoms with van der Waals surface area (Å²) < 4.78 is 4.89. The third kappa shape index (κ3) is 2.25. The average molecular weight is 233 g/mol. The Bertz CT molecular complexity index is 606. The summed E-state index contributed by atoms with van der Waals surface area (Å²) in [5.41, 5.74) is 0.257. The number of benzene rings is 1. The molecule has 1 amide bonds. The molecule has 0 fully saturated rings. The van der Waals surface area contributed by atoms with Crippen LogP contribution in [0.5, 0.6) is 0 Å². The van der Waals surface area contributed by atoms with Crippen molar-refractivity contribution in [2.24, 2.45) is 0 Å². The van der Waals surface area contributed by atoms with Crippen molar-refractivity contribution in [3.63, 3.8) is 0 Å². The van der Waals surface area contributed by atoms with E-state index in [0.717, 1.165) is 0 Å². The second-order valence-corrected chi connectivity index (χ2v) is 3.37. The van der Waals surface area contributed by atoms with Crippen LogP contribution in [0, 0.1) is 0 Å². The van der Waals surface area contributed by atoms with Gasteiger partial charge in [0.15, 0.2) is 0 Å². The summed E-state index contributed by atoms with van der Waals surface area (Å²) in [4.78, 5) is 22.4. The van der Waals surface area contributed by atoms with Gasteiger partial charge >= 0.3 is 6.09 Å². The number of hydrogen-bond acceptors (Lipinski definition) is 4. The van der Waals surface area contributed by atoms with Crippen molar-refractivity contribution < 1.29 is 9.53 Å². The lowest BCUT2D eigenvalue weighted by molar-refractivity contribution is 0.140. The Morgan fingerprint density at radius 2 is 2.12 bits per heavy atom. The minimum atomic E-state index is -0.540. The van der Waals surface area contributed by atoms with Crippen molar-refractivity contribution in [1.29, 1.82) is 0 Å². The highest BCUT2D eigenvalue weighted by Gasteiger charge is 2.07. The van der Waals surface area contributed by atoms with Crippen LogP contribution in [0.15, 0.2) is 29.1 Å². The molecule has 0 radical (unpaired) electrons. The number of ether oxygens (including phenoxy) is 1. The van der Waals surface area contributed by atoms with Crippen molar-refractivity contribution in [3.05, 3.63) is 40.3 Å². The van der Waals surface area contributed by atoms with Crippen LogP contribution in [0.4, 0.5) is 4.79 Å². The standard InChI is InChI=1S/C11H11N3O3/c1-12-11(16)17-6-9-7-4-2-3-5-8(7)10(15)14-13-9/h2-5H,6H2,1H3,(H,12,16)(H,14,15). The molecule has 0 aliphatic carbocycles. The van der Waals surface area contributed by atoms with Crippen LogP contribution in [0.3, 0.4) is 0 Å². The van der Waals surface area contributed by atoms with Gasteiger partial charge in [-0.2, -0.15) is 5.10 Å². The first-order valence-electron chi connectivity index (χ1n) is 5.03. The van der Waals surface area contributed by atoms with Gasteiger partial charge in [-0.05, 0) is 6.07 Å². The monoisotopic (exact) mass is 233 g/mol. The lowest BCUT2D eigenvalue weighted by Crippen LogP contribution is -2.20. The maximum absolute atomic E-state index is 11.5. The molecule has 0 atom stereocenters. The fourth-order valence-electron chi connectivity index (χ4n) is 1.49. The zero-order valence-corrected chi connectivity index (χ0v) is 9.19. The number of carbonyl (C=O) groups excluding carboxylic acids is 1. The SMILES string of the molecule is CNC(=O)OCc1n[nH]c(=O)c2ccccc12. The molecule has 2 N–H and O–H groups in total. The van der Waals surface area contributed by atoms with Gasteiger partial charge in [0.05, 0.1) is 5.39 Å². The summed E-state index contributed by atoms with van der Waals surface area (Å²) in [6.45, 7) is 0.0109. The molecule has 0 bridgehead atoms. The van der Waals surface area contributed by atoms with Crippen molar-refractivity contribution in [3.8, 4) is 0 Å². The number of aromatic amines is 1. The first kappa shape index (κ1) is 11.1. The van der Waals surface area contributed by atoms with E-state index in [1.54, 1.807) is 24.3 Å². The molecular formula is C11H11N3O3. The Balaban J connectivity index is 2.38. The molecule has 88 valence electrons. The molecule has 6 nitrogen and oxygen atoms in total. The molecule has 0 spiro atoms. The first-order valence-corrected chi connectivity index (χ1v) is 5.03. The number of H-pyrrole nitrogens is 1. The van der Waals surface area contributed by atoms with Crippen LogP contribution in [0.1, 0.15) is 5.69 Å². The van der Waals surface area contributed by atoms with Gasteiger partial charge in [0.2, 0.25) is 0 Å². The highest BCUT2D eigenvalue weighted by atomic mass is 16.5. The molecule has 1 heterocycles. The second-order valence-electron chi connectivity index (χ2n) is 3.37. The van der Waals surface area contributed by atoms with Gasteiger partial charge < -0.3 is 10.1 Å². The molecule has 2 rings (SSSR count). The van der Waals surface area contributed by atoms with E-state index in [1.807, 2.05) is 0 Å². The van der Waals surface area contributed by atoms with Gasteiger partial charge in [-0.1, -0.05) is 18.2 Å². The number of amides is 1. The predicted octanol–water partition coefficient (Wildman–Crippen LogP) is 0.779. The topological polar surface area (TPSA) is 84.1 Å². The van der Waals surface area contributed by atoms with E-state index in [4.69, 9.17) is 4.74 Å². The number of nitrogens with one attached hydrogen (secondary N) is 2. The van der Waals surface area contributed by atoms with Gasteiger partial charge in [-0.25, -0.2) is 9.89 Å². The van der Waals surface area contributed by atoms with Crippen LogP contribution in [-0.2, 0) is 11.3 Å². The fraction of sp³-hybridized carbons (Fsp3) is 0.182. The molecule has 1 aromatic carbocycles. The zero-order chi connectivity index (χ0) is 12.3. The largest absolute Gasteiger partial charge is 0.443 e. The Morgan fingerprint density at radius 3 is 2.82 bits per heavy atom. The van der Waals surface area contributed by atoms with Crippen LogP contribution < -0.4 is 10.9 Å². The number of aromatic nitrogens is 2. The molecule has 0 aliphatic heterocycles. The van der Waals surface area contributed by atoms with Crippen LogP contribution in [-0.4, -0.2) is 23.3 Å². The lowest BCUT2D eigenvalue weighted by atomic mass is 10.1. The maximum atomic E-state index is 11.5. The summed E-state index contributed by atoms with van der Waals surface area (Å²) in [5.74, 6) is 0. The van der Waals surface area contributed by atoms with Crippen molar-refractivity contribution >= 4 is 16.9 Å². The number of fused-ring (bicyclic) bond motifs is 1. The Labute approximate surface area is 96.6 Å². The molecule has 0 saturated heterocycles. The van der Waals surface area contributed by atoms with E-state index in [1.165, 1.54) is 7.05 Å². The van der Waals surface area contributed by atoms with Gasteiger partial charge in [-0.15, -0.1) is 0 Å². The maximum Gasteiger partial charge on any atom is 0.407 e. The summed E-state index contributed by atoms with van der Waals surface area (Å²) in [6, 6.07) is 7.02. The summed E-state index contributed by atoms with van der Waals surface area (Å²) in [7, 11) is 1.47. The Kier molecular flexibility index (Phi) is 3.04. The van der Waals surface area contributed by atoms with E-state index in [-0.39, 0.29) is 12.2 Å². The molecule has 6 heteroatoms. The third-order valence-electron chi connectivity index (χ3n) is 2.32. The summed E-state index contributed by atoms with van der Waals surface area (Å²) in [5, 5.41) is 9.78. The van der Waals surface area contributed by atoms with Gasteiger partial charge in [0.1, 0.15) is 12.3 Å². The summed E-state index contributed by atoms with van der Waals surface area (Å²) >= 11 is 0. The smallest absolute Gasteiger partial charge is 0.407 e. The molecular weight excluding hydrogens is 222 g/mol. The van der Waals surface area contributed by atoms with E-state index in [0.29, 0.717) is 16.5 Å². The molecule has 17 heavy (non-hydrogen) atoms. The molecule has 0 unspecified atom stereocenters. The van der Waals surface area contributed by atoms with Gasteiger partial charge in [0, 0.05) is 12.4 Å². The Hall–Kier alpha value is -2.37. The third-order valence-corrected chi connectivity index (χ3v) is 2.32. The van der Waals surface area contributed by atoms with Crippen LogP contribution >= 0.6 is 0 Å². The van der Waals surface area contributed by atoms with E-state index < -0.39 is 6.09 Å². The Morgan fingerprint density at radius 1 is 1.41 bits per heavy atom. The summed E-state index contributed by atoms with van der Waals surface area (Å²) in [6.07, 6.45) is -0.540. The van der Waals surface area contributed by atoms with Crippen molar-refractivity contribution in [2.75, 3.05) is 7.05 Å². The average Bonchev–Trinajstić information content (AvgIpc) is 2.38. The first-order chi connectivity index (χ1) is 8.22. The zero-order valence-electron chi connectivity index (χ0n) is 9.19. The lowest BCUT2D eigenvalue weighted by Gasteiger charge is -2.05. The van der Waals surface area contributed by atoms with E-state index >= 15 is 0 Å². The van der Waals surface area contributed by atoms with Crippen LogP contribution in [0.25, 0.3) is 10.8 Å². The molecule has 1 aromatic heterocycles. The van der Waals surface area contributed by atoms with E-state index in [9.17, 15) is 9.59 Å². The highest BCUT2D eigenvalue weighted by molar-refractivity contribution is 5.83. The highest BCUT2D eigenvalue weighted by Crippen LogP contribution is 2.12. The molecule has 0 saturated carbocycles. The normalized spacial score (nSPS) is 10.2.